The van der Waals surface area contributed by atoms with Crippen molar-refractivity contribution in [3.63, 3.8) is 0 Å². The molecule has 0 bridgehead atoms. The Labute approximate surface area is 209 Å². The van der Waals surface area contributed by atoms with Gasteiger partial charge in [-0.05, 0) is 25.5 Å². The van der Waals surface area contributed by atoms with Gasteiger partial charge in [-0.15, -0.1) is 11.8 Å². The van der Waals surface area contributed by atoms with Crippen molar-refractivity contribution in [2.75, 3.05) is 45.4 Å². The summed E-state index contributed by atoms with van der Waals surface area (Å²) in [5.41, 5.74) is -0.672. The van der Waals surface area contributed by atoms with Crippen molar-refractivity contribution < 1.29 is 45.3 Å². The fourth-order valence-electron chi connectivity index (χ4n) is 2.23. The zero-order chi connectivity index (χ0) is 19.7. The SMILES string of the molecule is C[C@]1(C(=O)O)CSC(c2ccc(OCCOCCOCCCO)cc2O)=N1.[Ca+2].[OH-].[OH-]. The first-order chi connectivity index (χ1) is 13.0. The van der Waals surface area contributed by atoms with Crippen LogP contribution < -0.4 is 4.74 Å². The van der Waals surface area contributed by atoms with Gasteiger partial charge in [0.1, 0.15) is 23.1 Å². The standard InChI is InChI=1S/C18H25NO7S.Ca.2H2O/c1-18(17(22)23)12-27-16(19-18)14-4-3-13(11-15(14)21)26-10-9-25-8-7-24-6-2-5-20;;;/h3-4,11,20-21H,2,5-10,12H2,1H3,(H,22,23);;2*1H2/q;+2;;/p-2/t18-;;;/m1.../s1. The molecule has 12 heteroatoms. The van der Waals surface area contributed by atoms with Gasteiger partial charge in [-0.3, -0.25) is 4.99 Å². The first kappa shape index (κ1) is 31.6. The summed E-state index contributed by atoms with van der Waals surface area (Å²) in [4.78, 5) is 15.5. The topological polar surface area (TPSA) is 178 Å². The summed E-state index contributed by atoms with van der Waals surface area (Å²) in [6, 6.07) is 4.85. The first-order valence-electron chi connectivity index (χ1n) is 8.65. The molecule has 2 rings (SSSR count). The molecule has 1 aromatic rings. The van der Waals surface area contributed by atoms with Crippen LogP contribution in [0.2, 0.25) is 0 Å². The predicted molar refractivity (Wildman–Crippen MR) is 112 cm³/mol. The molecular weight excluding hydrogens is 446 g/mol. The number of aliphatic carboxylic acids is 1. The molecular formula is C18H27CaNO9S. The Kier molecular flexibility index (Phi) is 16.9. The van der Waals surface area contributed by atoms with Crippen molar-refractivity contribution in [1.29, 1.82) is 0 Å². The summed E-state index contributed by atoms with van der Waals surface area (Å²) in [5, 5.41) is 28.6. The van der Waals surface area contributed by atoms with Gasteiger partial charge in [-0.1, -0.05) is 0 Å². The Morgan fingerprint density at radius 2 is 1.80 bits per heavy atom. The average molecular weight is 474 g/mol. The third kappa shape index (κ3) is 9.67. The molecule has 0 unspecified atom stereocenters. The largest absolute Gasteiger partial charge is 2.00 e. The second-order valence-corrected chi connectivity index (χ2v) is 7.08. The van der Waals surface area contributed by atoms with Crippen molar-refractivity contribution in [3.05, 3.63) is 23.8 Å². The van der Waals surface area contributed by atoms with Crippen LogP contribution in [-0.2, 0) is 14.3 Å². The van der Waals surface area contributed by atoms with Gasteiger partial charge in [0.2, 0.25) is 0 Å². The molecule has 1 aromatic carbocycles. The molecule has 1 aliphatic rings. The van der Waals surface area contributed by atoms with Gasteiger partial charge in [0, 0.05) is 30.6 Å². The summed E-state index contributed by atoms with van der Waals surface area (Å²) < 4.78 is 16.1. The van der Waals surface area contributed by atoms with E-state index >= 15 is 0 Å². The Morgan fingerprint density at radius 3 is 2.37 bits per heavy atom. The first-order valence-corrected chi connectivity index (χ1v) is 9.63. The minimum atomic E-state index is -1.17. The number of aliphatic hydroxyl groups excluding tert-OH is 1. The molecule has 0 saturated carbocycles. The van der Waals surface area contributed by atoms with Gasteiger partial charge in [-0.2, -0.15) is 0 Å². The summed E-state index contributed by atoms with van der Waals surface area (Å²) in [6.07, 6.45) is 0.614. The predicted octanol–water partition coefficient (Wildman–Crippen LogP) is 0.789. The summed E-state index contributed by atoms with van der Waals surface area (Å²) in [7, 11) is 0. The maximum absolute atomic E-state index is 11.3. The van der Waals surface area contributed by atoms with E-state index in [2.05, 4.69) is 4.99 Å². The van der Waals surface area contributed by atoms with Gasteiger partial charge in [-0.25, -0.2) is 4.79 Å². The van der Waals surface area contributed by atoms with Crippen LogP contribution >= 0.6 is 11.8 Å². The number of nitrogens with zero attached hydrogens (tertiary/aromatic N) is 1. The number of phenols is 1. The van der Waals surface area contributed by atoms with E-state index in [0.29, 0.717) is 61.6 Å². The van der Waals surface area contributed by atoms with E-state index < -0.39 is 11.5 Å². The fourth-order valence-corrected chi connectivity index (χ4v) is 3.43. The van der Waals surface area contributed by atoms with Crippen LogP contribution in [0, 0.1) is 0 Å². The van der Waals surface area contributed by atoms with E-state index in [1.165, 1.54) is 17.8 Å². The molecule has 10 nitrogen and oxygen atoms in total. The average Bonchev–Trinajstić information content (AvgIpc) is 3.04. The van der Waals surface area contributed by atoms with Gasteiger partial charge >= 0.3 is 43.7 Å². The number of carbonyl (C=O) groups is 1. The molecule has 1 atom stereocenters. The number of phenolic OH excluding ortho intramolecular Hbond substituents is 1. The van der Waals surface area contributed by atoms with Crippen LogP contribution in [0.4, 0.5) is 0 Å². The van der Waals surface area contributed by atoms with E-state index in [4.69, 9.17) is 19.3 Å². The van der Waals surface area contributed by atoms with E-state index in [-0.39, 0.29) is 61.0 Å². The summed E-state index contributed by atoms with van der Waals surface area (Å²) >= 11 is 1.31. The van der Waals surface area contributed by atoms with Crippen molar-refractivity contribution in [2.24, 2.45) is 4.99 Å². The van der Waals surface area contributed by atoms with Crippen LogP contribution in [0.3, 0.4) is 0 Å². The van der Waals surface area contributed by atoms with Gasteiger partial charge in [0.25, 0.3) is 0 Å². The monoisotopic (exact) mass is 473 g/mol. The molecule has 0 saturated heterocycles. The molecule has 166 valence electrons. The molecule has 0 spiro atoms. The van der Waals surface area contributed by atoms with E-state index in [0.717, 1.165) is 0 Å². The number of hydrogen-bond donors (Lipinski definition) is 3. The smallest absolute Gasteiger partial charge is 0.870 e. The number of aliphatic imine (C=N–C) groups is 1. The maximum Gasteiger partial charge on any atom is 2.00 e. The fraction of sp³-hybridized carbons (Fsp3) is 0.556. The van der Waals surface area contributed by atoms with Crippen LogP contribution in [-0.4, -0.2) is 126 Å². The molecule has 0 aromatic heterocycles. The van der Waals surface area contributed by atoms with Crippen LogP contribution in [0.25, 0.3) is 0 Å². The molecule has 1 aliphatic heterocycles. The van der Waals surface area contributed by atoms with Crippen LogP contribution in [0.5, 0.6) is 11.5 Å². The maximum atomic E-state index is 11.3. The second kappa shape index (κ2) is 16.1. The molecule has 0 aliphatic carbocycles. The van der Waals surface area contributed by atoms with Gasteiger partial charge in [0.15, 0.2) is 5.54 Å². The summed E-state index contributed by atoms with van der Waals surface area (Å²) in [5.74, 6) is -0.172. The number of carboxylic acids is 1. The number of carboxylic acid groups (broad SMARTS) is 1. The number of ether oxygens (including phenoxy) is 3. The minimum Gasteiger partial charge on any atom is -0.870 e. The number of aliphatic hydroxyl groups is 1. The number of aromatic hydroxyl groups is 1. The van der Waals surface area contributed by atoms with E-state index in [9.17, 15) is 15.0 Å². The normalized spacial score (nSPS) is 17.2. The Balaban J connectivity index is 0. The number of hydrogen-bond acceptors (Lipinski definition) is 10. The van der Waals surface area contributed by atoms with Gasteiger partial charge in [0.05, 0.1) is 19.8 Å². The summed E-state index contributed by atoms with van der Waals surface area (Å²) in [6.45, 7) is 3.79. The van der Waals surface area contributed by atoms with Crippen molar-refractivity contribution in [2.45, 2.75) is 18.9 Å². The van der Waals surface area contributed by atoms with Gasteiger partial charge < -0.3 is 40.5 Å². The van der Waals surface area contributed by atoms with Crippen molar-refractivity contribution in [3.8, 4) is 11.5 Å². The third-order valence-corrected chi connectivity index (χ3v) is 5.10. The Bertz CT molecular complexity index is 677. The van der Waals surface area contributed by atoms with E-state index in [1.807, 2.05) is 0 Å². The Hall–Kier alpha value is -0.630. The minimum absolute atomic E-state index is 0. The molecule has 0 amide bonds. The Morgan fingerprint density at radius 1 is 1.17 bits per heavy atom. The number of rotatable bonds is 12. The molecule has 0 radical (unpaired) electrons. The van der Waals surface area contributed by atoms with Crippen LogP contribution in [0.15, 0.2) is 23.2 Å². The molecule has 5 N–H and O–H groups in total. The zero-order valence-corrected chi connectivity index (χ0v) is 19.8. The second-order valence-electron chi connectivity index (χ2n) is 6.11. The van der Waals surface area contributed by atoms with Crippen LogP contribution in [0.1, 0.15) is 18.9 Å². The zero-order valence-electron chi connectivity index (χ0n) is 16.8. The molecule has 1 heterocycles. The van der Waals surface area contributed by atoms with Crippen molar-refractivity contribution in [1.82, 2.24) is 0 Å². The molecule has 0 fully saturated rings. The quantitative estimate of drug-likeness (QED) is 0.290. The van der Waals surface area contributed by atoms with Crippen molar-refractivity contribution >= 4 is 60.5 Å². The number of benzene rings is 1. The van der Waals surface area contributed by atoms with E-state index in [1.54, 1.807) is 19.1 Å². The third-order valence-electron chi connectivity index (χ3n) is 3.81. The number of thioether (sulfide) groups is 1. The molecule has 30 heavy (non-hydrogen) atoms.